The third-order valence-corrected chi connectivity index (χ3v) is 4.19. The summed E-state index contributed by atoms with van der Waals surface area (Å²) in [5.41, 5.74) is 2.77. The zero-order chi connectivity index (χ0) is 20.1. The first-order valence-corrected chi connectivity index (χ1v) is 8.66. The van der Waals surface area contributed by atoms with Crippen LogP contribution in [0.3, 0.4) is 0 Å². The van der Waals surface area contributed by atoms with E-state index in [2.05, 4.69) is 5.32 Å². The number of aromatic nitrogens is 1. The molecule has 0 radical (unpaired) electrons. The summed E-state index contributed by atoms with van der Waals surface area (Å²) in [5.74, 6) is -1.50. The number of carbonyl (C=O) groups is 3. The van der Waals surface area contributed by atoms with Crippen molar-refractivity contribution in [3.8, 4) is 0 Å². The maximum Gasteiger partial charge on any atom is 0.340 e. The van der Waals surface area contributed by atoms with Gasteiger partial charge in [0.15, 0.2) is 6.61 Å². The molecule has 28 heavy (non-hydrogen) atoms. The van der Waals surface area contributed by atoms with Gasteiger partial charge in [-0.05, 0) is 25.1 Å². The van der Waals surface area contributed by atoms with E-state index in [0.29, 0.717) is 22.2 Å². The van der Waals surface area contributed by atoms with Crippen LogP contribution in [0.5, 0.6) is 0 Å². The largest absolute Gasteiger partial charge is 0.465 e. The van der Waals surface area contributed by atoms with Crippen LogP contribution < -0.4 is 5.32 Å². The number of nitrogens with one attached hydrogen (secondary N) is 1. The molecule has 144 valence electrons. The standard InChI is InChI=1S/C21H20N2O5/c1-14-7-9-15(10-8-14)22-19(24)13-28-20(25)12-23-11-17(21(26)27-2)16-5-3-4-6-18(16)23/h3-11H,12-13H2,1-2H3,(H,22,24). The number of hydrogen-bond donors (Lipinski definition) is 1. The Morgan fingerprint density at radius 3 is 2.46 bits per heavy atom. The number of nitrogens with zero attached hydrogens (tertiary/aromatic N) is 1. The van der Waals surface area contributed by atoms with Crippen molar-refractivity contribution in [2.24, 2.45) is 0 Å². The lowest BCUT2D eigenvalue weighted by Gasteiger charge is -2.08. The number of amides is 1. The summed E-state index contributed by atoms with van der Waals surface area (Å²) in [5, 5.41) is 3.34. The van der Waals surface area contributed by atoms with Gasteiger partial charge in [-0.2, -0.15) is 0 Å². The Morgan fingerprint density at radius 2 is 1.75 bits per heavy atom. The van der Waals surface area contributed by atoms with Crippen LogP contribution in [0.2, 0.25) is 0 Å². The van der Waals surface area contributed by atoms with E-state index in [1.165, 1.54) is 7.11 Å². The monoisotopic (exact) mass is 380 g/mol. The summed E-state index contributed by atoms with van der Waals surface area (Å²) in [6, 6.07) is 14.5. The number of carbonyl (C=O) groups excluding carboxylic acids is 3. The van der Waals surface area contributed by atoms with Crippen LogP contribution >= 0.6 is 0 Å². The van der Waals surface area contributed by atoms with Gasteiger partial charge in [0.05, 0.1) is 12.7 Å². The lowest BCUT2D eigenvalue weighted by Crippen LogP contribution is -2.22. The second kappa shape index (κ2) is 8.39. The summed E-state index contributed by atoms with van der Waals surface area (Å²) < 4.78 is 11.4. The quantitative estimate of drug-likeness (QED) is 0.665. The number of hydrogen-bond acceptors (Lipinski definition) is 5. The molecule has 0 spiro atoms. The number of anilines is 1. The predicted molar refractivity (Wildman–Crippen MR) is 104 cm³/mol. The first kappa shape index (κ1) is 19.2. The molecular weight excluding hydrogens is 360 g/mol. The van der Waals surface area contributed by atoms with Crippen LogP contribution in [0.1, 0.15) is 15.9 Å². The molecule has 7 heteroatoms. The second-order valence-electron chi connectivity index (χ2n) is 6.25. The highest BCUT2D eigenvalue weighted by molar-refractivity contribution is 6.04. The first-order chi connectivity index (χ1) is 13.5. The minimum absolute atomic E-state index is 0.130. The van der Waals surface area contributed by atoms with E-state index in [1.807, 2.05) is 19.1 Å². The molecule has 0 atom stereocenters. The van der Waals surface area contributed by atoms with Crippen LogP contribution in [0.25, 0.3) is 10.9 Å². The summed E-state index contributed by atoms with van der Waals surface area (Å²) in [7, 11) is 1.30. The fourth-order valence-corrected chi connectivity index (χ4v) is 2.81. The van der Waals surface area contributed by atoms with Crippen LogP contribution in [0.4, 0.5) is 5.69 Å². The van der Waals surface area contributed by atoms with Gasteiger partial charge in [-0.1, -0.05) is 35.9 Å². The molecule has 0 saturated heterocycles. The van der Waals surface area contributed by atoms with Crippen molar-refractivity contribution < 1.29 is 23.9 Å². The molecule has 0 unspecified atom stereocenters. The van der Waals surface area contributed by atoms with Gasteiger partial charge in [0.25, 0.3) is 5.91 Å². The number of esters is 2. The van der Waals surface area contributed by atoms with E-state index in [-0.39, 0.29) is 6.54 Å². The molecule has 2 aromatic carbocycles. The number of benzene rings is 2. The Labute approximate surface area is 161 Å². The molecule has 1 aromatic heterocycles. The molecule has 1 heterocycles. The van der Waals surface area contributed by atoms with Crippen molar-refractivity contribution in [1.82, 2.24) is 4.57 Å². The Kier molecular flexibility index (Phi) is 5.74. The third kappa shape index (κ3) is 4.37. The van der Waals surface area contributed by atoms with E-state index in [1.54, 1.807) is 47.2 Å². The van der Waals surface area contributed by atoms with Crippen LogP contribution in [0.15, 0.2) is 54.7 Å². The molecule has 0 fully saturated rings. The Bertz CT molecular complexity index is 1020. The molecule has 0 aliphatic rings. The minimum Gasteiger partial charge on any atom is -0.465 e. The lowest BCUT2D eigenvalue weighted by atomic mass is 10.2. The number of methoxy groups -OCH3 is 1. The molecular formula is C21H20N2O5. The summed E-state index contributed by atoms with van der Waals surface area (Å²) in [4.78, 5) is 36.0. The maximum atomic E-state index is 12.2. The highest BCUT2D eigenvalue weighted by atomic mass is 16.5. The van der Waals surface area contributed by atoms with Gasteiger partial charge in [-0.25, -0.2) is 4.79 Å². The zero-order valence-corrected chi connectivity index (χ0v) is 15.6. The van der Waals surface area contributed by atoms with Gasteiger partial charge in [0.1, 0.15) is 6.54 Å². The molecule has 0 aliphatic carbocycles. The maximum absolute atomic E-state index is 12.2. The first-order valence-electron chi connectivity index (χ1n) is 8.66. The lowest BCUT2D eigenvalue weighted by molar-refractivity contribution is -0.147. The second-order valence-corrected chi connectivity index (χ2v) is 6.25. The van der Waals surface area contributed by atoms with Crippen LogP contribution in [0, 0.1) is 6.92 Å². The summed E-state index contributed by atoms with van der Waals surface area (Å²) in [6.45, 7) is 1.43. The van der Waals surface area contributed by atoms with Gasteiger partial charge in [0.2, 0.25) is 0 Å². The van der Waals surface area contributed by atoms with Crippen molar-refractivity contribution in [1.29, 1.82) is 0 Å². The number of fused-ring (bicyclic) bond motifs is 1. The number of para-hydroxylation sites is 1. The molecule has 0 aliphatic heterocycles. The van der Waals surface area contributed by atoms with Gasteiger partial charge in [0, 0.05) is 22.8 Å². The number of aryl methyl sites for hydroxylation is 1. The number of rotatable bonds is 6. The van der Waals surface area contributed by atoms with E-state index in [4.69, 9.17) is 9.47 Å². The molecule has 1 N–H and O–H groups in total. The van der Waals surface area contributed by atoms with Crippen molar-refractivity contribution in [3.63, 3.8) is 0 Å². The normalized spacial score (nSPS) is 10.5. The SMILES string of the molecule is COC(=O)c1cn(CC(=O)OCC(=O)Nc2ccc(C)cc2)c2ccccc12. The van der Waals surface area contributed by atoms with E-state index in [9.17, 15) is 14.4 Å². The van der Waals surface area contributed by atoms with Gasteiger partial charge in [-0.15, -0.1) is 0 Å². The molecule has 3 aromatic rings. The van der Waals surface area contributed by atoms with Crippen molar-refractivity contribution in [2.45, 2.75) is 13.5 Å². The molecule has 3 rings (SSSR count). The fourth-order valence-electron chi connectivity index (χ4n) is 2.81. The molecule has 1 amide bonds. The zero-order valence-electron chi connectivity index (χ0n) is 15.6. The van der Waals surface area contributed by atoms with Crippen LogP contribution in [-0.4, -0.2) is 36.1 Å². The Hall–Kier alpha value is -3.61. The van der Waals surface area contributed by atoms with Crippen molar-refractivity contribution >= 4 is 34.4 Å². The third-order valence-electron chi connectivity index (χ3n) is 4.19. The van der Waals surface area contributed by atoms with Crippen molar-refractivity contribution in [2.75, 3.05) is 19.0 Å². The minimum atomic E-state index is -0.587. The summed E-state index contributed by atoms with van der Waals surface area (Å²) >= 11 is 0. The van der Waals surface area contributed by atoms with Gasteiger partial charge in [-0.3, -0.25) is 9.59 Å². The van der Waals surface area contributed by atoms with Crippen molar-refractivity contribution in [3.05, 3.63) is 65.9 Å². The highest BCUT2D eigenvalue weighted by Crippen LogP contribution is 2.22. The topological polar surface area (TPSA) is 86.6 Å². The Morgan fingerprint density at radius 1 is 1.04 bits per heavy atom. The average Bonchev–Trinajstić information content (AvgIpc) is 3.06. The van der Waals surface area contributed by atoms with E-state index >= 15 is 0 Å². The predicted octanol–water partition coefficient (Wildman–Crippen LogP) is 2.92. The smallest absolute Gasteiger partial charge is 0.340 e. The Balaban J connectivity index is 1.62. The molecule has 0 bridgehead atoms. The van der Waals surface area contributed by atoms with E-state index < -0.39 is 24.5 Å². The summed E-state index contributed by atoms with van der Waals surface area (Å²) in [6.07, 6.45) is 1.55. The average molecular weight is 380 g/mol. The highest BCUT2D eigenvalue weighted by Gasteiger charge is 2.17. The number of ether oxygens (including phenoxy) is 2. The van der Waals surface area contributed by atoms with Crippen LogP contribution in [-0.2, 0) is 25.6 Å². The molecule has 0 saturated carbocycles. The van der Waals surface area contributed by atoms with E-state index in [0.717, 1.165) is 5.56 Å². The van der Waals surface area contributed by atoms with Gasteiger partial charge < -0.3 is 19.4 Å². The molecule has 7 nitrogen and oxygen atoms in total. The van der Waals surface area contributed by atoms with Gasteiger partial charge >= 0.3 is 11.9 Å². The fraction of sp³-hybridized carbons (Fsp3) is 0.190.